The summed E-state index contributed by atoms with van der Waals surface area (Å²) in [5.74, 6) is 1.04. The molecular weight excluding hydrogens is 216 g/mol. The van der Waals surface area contributed by atoms with E-state index in [0.717, 1.165) is 17.8 Å². The molecule has 5 heteroatoms. The van der Waals surface area contributed by atoms with Crippen LogP contribution in [0, 0.1) is 5.92 Å². The van der Waals surface area contributed by atoms with E-state index in [9.17, 15) is 0 Å². The van der Waals surface area contributed by atoms with Gasteiger partial charge < -0.3 is 10.5 Å². The molecule has 0 saturated carbocycles. The molecule has 0 aliphatic carbocycles. The Morgan fingerprint density at radius 2 is 2.29 bits per heavy atom. The maximum Gasteiger partial charge on any atom is 0.202 e. The molecule has 0 atom stereocenters. The van der Waals surface area contributed by atoms with Crippen LogP contribution in [0.5, 0.6) is 0 Å². The first-order valence-corrected chi connectivity index (χ1v) is 5.83. The minimum Gasteiger partial charge on any atom is -0.379 e. The van der Waals surface area contributed by atoms with Crippen LogP contribution < -0.4 is 5.73 Å². The molecular formula is C12H18N4O. The van der Waals surface area contributed by atoms with Crippen molar-refractivity contribution in [3.8, 4) is 0 Å². The van der Waals surface area contributed by atoms with Crippen LogP contribution in [0.1, 0.15) is 13.8 Å². The fourth-order valence-electron chi connectivity index (χ4n) is 1.67. The van der Waals surface area contributed by atoms with Gasteiger partial charge in [-0.1, -0.05) is 13.8 Å². The van der Waals surface area contributed by atoms with Crippen molar-refractivity contribution in [1.82, 2.24) is 14.5 Å². The molecule has 0 fully saturated rings. The van der Waals surface area contributed by atoms with Crippen molar-refractivity contribution in [2.45, 2.75) is 20.4 Å². The number of fused-ring (bicyclic) bond motifs is 1. The van der Waals surface area contributed by atoms with Gasteiger partial charge in [0.1, 0.15) is 5.52 Å². The molecule has 5 nitrogen and oxygen atoms in total. The van der Waals surface area contributed by atoms with Gasteiger partial charge in [-0.25, -0.2) is 9.97 Å². The minimum atomic E-state index is 0.492. The average molecular weight is 234 g/mol. The molecule has 0 aliphatic rings. The molecule has 0 amide bonds. The number of nitrogens with two attached hydrogens (primary N) is 1. The number of imidazole rings is 1. The van der Waals surface area contributed by atoms with Crippen LogP contribution >= 0.6 is 0 Å². The summed E-state index contributed by atoms with van der Waals surface area (Å²) >= 11 is 0. The summed E-state index contributed by atoms with van der Waals surface area (Å²) in [6.07, 6.45) is 1.74. The number of nitrogen functional groups attached to an aromatic ring is 1. The number of anilines is 1. The Labute approximate surface area is 101 Å². The molecule has 92 valence electrons. The van der Waals surface area contributed by atoms with Crippen LogP contribution in [0.25, 0.3) is 11.2 Å². The number of nitrogens with zero attached hydrogens (tertiary/aromatic N) is 3. The summed E-state index contributed by atoms with van der Waals surface area (Å²) in [5.41, 5.74) is 7.50. The molecule has 0 saturated heterocycles. The lowest BCUT2D eigenvalue weighted by Crippen LogP contribution is -2.11. The Hall–Kier alpha value is -1.62. The van der Waals surface area contributed by atoms with E-state index in [1.54, 1.807) is 6.20 Å². The van der Waals surface area contributed by atoms with Crippen molar-refractivity contribution in [3.05, 3.63) is 18.3 Å². The number of hydrogen-bond acceptors (Lipinski definition) is 4. The molecule has 0 aromatic carbocycles. The van der Waals surface area contributed by atoms with Gasteiger partial charge in [-0.3, -0.25) is 4.57 Å². The van der Waals surface area contributed by atoms with Crippen LogP contribution in [0.2, 0.25) is 0 Å². The minimum absolute atomic E-state index is 0.492. The average Bonchev–Trinajstić information content (AvgIpc) is 2.60. The Kier molecular flexibility index (Phi) is 3.58. The van der Waals surface area contributed by atoms with Gasteiger partial charge in [0.15, 0.2) is 5.65 Å². The number of aromatic nitrogens is 3. The third kappa shape index (κ3) is 2.74. The summed E-state index contributed by atoms with van der Waals surface area (Å²) in [5, 5.41) is 0. The highest BCUT2D eigenvalue weighted by atomic mass is 16.5. The summed E-state index contributed by atoms with van der Waals surface area (Å²) in [6, 6.07) is 3.76. The molecule has 0 unspecified atom stereocenters. The highest BCUT2D eigenvalue weighted by Gasteiger charge is 2.08. The van der Waals surface area contributed by atoms with Gasteiger partial charge in [-0.15, -0.1) is 0 Å². The van der Waals surface area contributed by atoms with Gasteiger partial charge in [0.2, 0.25) is 5.95 Å². The third-order valence-electron chi connectivity index (χ3n) is 2.44. The van der Waals surface area contributed by atoms with Crippen molar-refractivity contribution < 1.29 is 4.74 Å². The number of pyridine rings is 1. The second kappa shape index (κ2) is 5.14. The fraction of sp³-hybridized carbons (Fsp3) is 0.500. The quantitative estimate of drug-likeness (QED) is 0.799. The molecule has 2 heterocycles. The lowest BCUT2D eigenvalue weighted by atomic mass is 10.2. The zero-order chi connectivity index (χ0) is 12.3. The largest absolute Gasteiger partial charge is 0.379 e. The summed E-state index contributed by atoms with van der Waals surface area (Å²) < 4.78 is 7.42. The van der Waals surface area contributed by atoms with E-state index in [0.29, 0.717) is 25.0 Å². The van der Waals surface area contributed by atoms with Gasteiger partial charge in [0.25, 0.3) is 0 Å². The Morgan fingerprint density at radius 1 is 1.47 bits per heavy atom. The second-order valence-electron chi connectivity index (χ2n) is 4.44. The molecule has 0 aliphatic heterocycles. The molecule has 2 N–H and O–H groups in total. The zero-order valence-corrected chi connectivity index (χ0v) is 10.3. The molecule has 2 aromatic rings. The maximum absolute atomic E-state index is 5.85. The van der Waals surface area contributed by atoms with Crippen LogP contribution in [0.3, 0.4) is 0 Å². The summed E-state index contributed by atoms with van der Waals surface area (Å²) in [6.45, 7) is 6.33. The van der Waals surface area contributed by atoms with Crippen molar-refractivity contribution in [3.63, 3.8) is 0 Å². The molecule has 2 aromatic heterocycles. The summed E-state index contributed by atoms with van der Waals surface area (Å²) in [4.78, 5) is 8.53. The van der Waals surface area contributed by atoms with Crippen molar-refractivity contribution in [2.24, 2.45) is 5.92 Å². The standard InChI is InChI=1S/C12H18N4O/c1-9(2)8-17-7-6-16-11-10(15-12(16)13)4-3-5-14-11/h3-5,9H,6-8H2,1-2H3,(H2,13,15). The molecule has 0 radical (unpaired) electrons. The molecule has 0 bridgehead atoms. The van der Waals surface area contributed by atoms with E-state index < -0.39 is 0 Å². The maximum atomic E-state index is 5.85. The van der Waals surface area contributed by atoms with Gasteiger partial charge in [-0.05, 0) is 18.1 Å². The first kappa shape index (κ1) is 11.9. The SMILES string of the molecule is CC(C)COCCn1c(N)nc2cccnc21. The fourth-order valence-corrected chi connectivity index (χ4v) is 1.67. The van der Waals surface area contributed by atoms with Crippen molar-refractivity contribution in [1.29, 1.82) is 0 Å². The van der Waals surface area contributed by atoms with E-state index in [4.69, 9.17) is 10.5 Å². The van der Waals surface area contributed by atoms with Crippen molar-refractivity contribution in [2.75, 3.05) is 18.9 Å². The Bertz CT molecular complexity index is 492. The topological polar surface area (TPSA) is 66.0 Å². The van der Waals surface area contributed by atoms with Gasteiger partial charge >= 0.3 is 0 Å². The van der Waals surface area contributed by atoms with Crippen LogP contribution in [-0.2, 0) is 11.3 Å². The second-order valence-corrected chi connectivity index (χ2v) is 4.44. The lowest BCUT2D eigenvalue weighted by Gasteiger charge is -2.08. The normalized spacial score (nSPS) is 11.5. The lowest BCUT2D eigenvalue weighted by molar-refractivity contribution is 0.104. The Morgan fingerprint density at radius 3 is 3.06 bits per heavy atom. The highest BCUT2D eigenvalue weighted by molar-refractivity contribution is 5.73. The zero-order valence-electron chi connectivity index (χ0n) is 10.3. The van der Waals surface area contributed by atoms with Crippen LogP contribution in [-0.4, -0.2) is 27.7 Å². The van der Waals surface area contributed by atoms with E-state index in [-0.39, 0.29) is 0 Å². The molecule has 2 rings (SSSR count). The summed E-state index contributed by atoms with van der Waals surface area (Å²) in [7, 11) is 0. The number of hydrogen-bond donors (Lipinski definition) is 1. The van der Waals surface area contributed by atoms with Gasteiger partial charge in [0.05, 0.1) is 13.2 Å². The number of rotatable bonds is 5. The first-order chi connectivity index (χ1) is 8.18. The third-order valence-corrected chi connectivity index (χ3v) is 2.44. The highest BCUT2D eigenvalue weighted by Crippen LogP contribution is 2.14. The molecule has 17 heavy (non-hydrogen) atoms. The smallest absolute Gasteiger partial charge is 0.202 e. The van der Waals surface area contributed by atoms with E-state index in [2.05, 4.69) is 23.8 Å². The van der Waals surface area contributed by atoms with Gasteiger partial charge in [0, 0.05) is 12.8 Å². The van der Waals surface area contributed by atoms with Crippen LogP contribution in [0.4, 0.5) is 5.95 Å². The van der Waals surface area contributed by atoms with Crippen LogP contribution in [0.15, 0.2) is 18.3 Å². The van der Waals surface area contributed by atoms with E-state index >= 15 is 0 Å². The van der Waals surface area contributed by atoms with E-state index in [1.807, 2.05) is 16.7 Å². The van der Waals surface area contributed by atoms with Crippen molar-refractivity contribution >= 4 is 17.1 Å². The van der Waals surface area contributed by atoms with Gasteiger partial charge in [-0.2, -0.15) is 0 Å². The monoisotopic (exact) mass is 234 g/mol. The number of ether oxygens (including phenoxy) is 1. The van der Waals surface area contributed by atoms with E-state index in [1.165, 1.54) is 0 Å². The molecule has 0 spiro atoms. The predicted octanol–water partition coefficient (Wildman–Crippen LogP) is 1.69. The Balaban J connectivity index is 2.05. The first-order valence-electron chi connectivity index (χ1n) is 5.83. The predicted molar refractivity (Wildman–Crippen MR) is 67.6 cm³/mol.